The van der Waals surface area contributed by atoms with E-state index >= 15 is 0 Å². The first-order valence-electron chi connectivity index (χ1n) is 6.23. The van der Waals surface area contributed by atoms with E-state index in [1.807, 2.05) is 18.2 Å². The lowest BCUT2D eigenvalue weighted by atomic mass is 10.1. The molecule has 1 amide bonds. The van der Waals surface area contributed by atoms with Gasteiger partial charge in [0, 0.05) is 12.6 Å². The summed E-state index contributed by atoms with van der Waals surface area (Å²) in [4.78, 5) is 13.3. The second-order valence-electron chi connectivity index (χ2n) is 4.93. The van der Waals surface area contributed by atoms with Crippen molar-refractivity contribution in [2.45, 2.75) is 32.4 Å². The molecule has 17 heavy (non-hydrogen) atoms. The minimum absolute atomic E-state index is 0.242. The molecule has 92 valence electrons. The Labute approximate surface area is 103 Å². The second-order valence-corrected chi connectivity index (χ2v) is 4.93. The summed E-state index contributed by atoms with van der Waals surface area (Å²) < 4.78 is 0. The molecule has 0 aromatic heterocycles. The molecule has 1 aliphatic rings. The third-order valence-corrected chi connectivity index (χ3v) is 3.47. The Bertz CT molecular complexity index is 373. The number of rotatable bonds is 6. The predicted molar refractivity (Wildman–Crippen MR) is 68.2 cm³/mol. The maximum atomic E-state index is 11.1. The normalized spacial score (nSPS) is 17.1. The molecule has 1 aromatic rings. The van der Waals surface area contributed by atoms with Crippen LogP contribution in [0.1, 0.15) is 25.3 Å². The zero-order valence-corrected chi connectivity index (χ0v) is 10.3. The summed E-state index contributed by atoms with van der Waals surface area (Å²) in [5.74, 6) is 0.506. The topological polar surface area (TPSA) is 46.3 Å². The maximum absolute atomic E-state index is 11.1. The van der Waals surface area contributed by atoms with E-state index in [0.29, 0.717) is 12.6 Å². The molecule has 2 rings (SSSR count). The lowest BCUT2D eigenvalue weighted by Crippen LogP contribution is -2.40. The molecule has 0 aliphatic heterocycles. The zero-order valence-electron chi connectivity index (χ0n) is 10.3. The van der Waals surface area contributed by atoms with Crippen molar-refractivity contribution in [3.05, 3.63) is 35.9 Å². The van der Waals surface area contributed by atoms with Crippen molar-refractivity contribution in [2.24, 2.45) is 11.7 Å². The van der Waals surface area contributed by atoms with Gasteiger partial charge in [0.05, 0.1) is 6.54 Å². The van der Waals surface area contributed by atoms with E-state index in [1.165, 1.54) is 18.4 Å². The van der Waals surface area contributed by atoms with Gasteiger partial charge in [0.15, 0.2) is 0 Å². The molecule has 0 heterocycles. The predicted octanol–water partition coefficient (Wildman–Crippen LogP) is 1.77. The lowest BCUT2D eigenvalue weighted by Gasteiger charge is -2.28. The third-order valence-electron chi connectivity index (χ3n) is 3.47. The number of nitrogens with zero attached hydrogens (tertiary/aromatic N) is 1. The molecule has 1 aromatic carbocycles. The Hall–Kier alpha value is -1.35. The Morgan fingerprint density at radius 3 is 2.59 bits per heavy atom. The van der Waals surface area contributed by atoms with Crippen LogP contribution in [0, 0.1) is 5.92 Å². The van der Waals surface area contributed by atoms with Crippen LogP contribution in [0.5, 0.6) is 0 Å². The summed E-state index contributed by atoms with van der Waals surface area (Å²) >= 11 is 0. The van der Waals surface area contributed by atoms with Gasteiger partial charge >= 0.3 is 0 Å². The van der Waals surface area contributed by atoms with Gasteiger partial charge in [-0.15, -0.1) is 0 Å². The van der Waals surface area contributed by atoms with Gasteiger partial charge in [-0.25, -0.2) is 0 Å². The molecule has 3 heteroatoms. The van der Waals surface area contributed by atoms with Gasteiger partial charge in [-0.05, 0) is 31.2 Å². The van der Waals surface area contributed by atoms with Crippen molar-refractivity contribution >= 4 is 5.91 Å². The number of primary amides is 1. The largest absolute Gasteiger partial charge is 0.369 e. The summed E-state index contributed by atoms with van der Waals surface area (Å²) in [7, 11) is 0. The highest BCUT2D eigenvalue weighted by atomic mass is 16.1. The van der Waals surface area contributed by atoms with Gasteiger partial charge in [-0.3, -0.25) is 9.69 Å². The average molecular weight is 232 g/mol. The molecule has 0 spiro atoms. The number of amides is 1. The van der Waals surface area contributed by atoms with Crippen LogP contribution in [-0.2, 0) is 11.3 Å². The van der Waals surface area contributed by atoms with E-state index in [4.69, 9.17) is 5.73 Å². The Kier molecular flexibility index (Phi) is 3.79. The molecule has 0 saturated heterocycles. The fraction of sp³-hybridized carbons (Fsp3) is 0.500. The second kappa shape index (κ2) is 5.32. The van der Waals surface area contributed by atoms with Gasteiger partial charge in [-0.2, -0.15) is 0 Å². The van der Waals surface area contributed by atoms with Crippen molar-refractivity contribution in [3.63, 3.8) is 0 Å². The molecule has 0 radical (unpaired) electrons. The van der Waals surface area contributed by atoms with Crippen LogP contribution in [0.15, 0.2) is 30.3 Å². The number of carbonyl (C=O) groups is 1. The summed E-state index contributed by atoms with van der Waals surface area (Å²) in [5, 5.41) is 0. The molecule has 1 saturated carbocycles. The van der Waals surface area contributed by atoms with E-state index in [0.717, 1.165) is 12.5 Å². The Morgan fingerprint density at radius 1 is 1.41 bits per heavy atom. The first kappa shape index (κ1) is 12.1. The summed E-state index contributed by atoms with van der Waals surface area (Å²) in [6.45, 7) is 3.36. The Balaban J connectivity index is 2.01. The summed E-state index contributed by atoms with van der Waals surface area (Å²) in [6, 6.07) is 10.7. The van der Waals surface area contributed by atoms with E-state index in [1.54, 1.807) is 0 Å². The van der Waals surface area contributed by atoms with E-state index in [-0.39, 0.29) is 5.91 Å². The van der Waals surface area contributed by atoms with Crippen LogP contribution in [0.3, 0.4) is 0 Å². The van der Waals surface area contributed by atoms with Crippen molar-refractivity contribution in [3.8, 4) is 0 Å². The van der Waals surface area contributed by atoms with E-state index in [2.05, 4.69) is 24.0 Å². The maximum Gasteiger partial charge on any atom is 0.231 e. The lowest BCUT2D eigenvalue weighted by molar-refractivity contribution is -0.119. The van der Waals surface area contributed by atoms with E-state index in [9.17, 15) is 4.79 Å². The SMILES string of the molecule is CC(C1CC1)N(CC(N)=O)Cc1ccccc1. The molecule has 1 fully saturated rings. The van der Waals surface area contributed by atoms with Crippen LogP contribution in [0.4, 0.5) is 0 Å². The standard InChI is InChI=1S/C14H20N2O/c1-11(13-7-8-13)16(10-14(15)17)9-12-5-3-2-4-6-12/h2-6,11,13H,7-10H2,1H3,(H2,15,17). The molecule has 0 bridgehead atoms. The van der Waals surface area contributed by atoms with Gasteiger partial charge in [-0.1, -0.05) is 30.3 Å². The minimum atomic E-state index is -0.242. The molecule has 1 aliphatic carbocycles. The summed E-state index contributed by atoms with van der Waals surface area (Å²) in [6.07, 6.45) is 2.57. The Morgan fingerprint density at radius 2 is 2.06 bits per heavy atom. The average Bonchev–Trinajstić information content (AvgIpc) is 3.12. The third kappa shape index (κ3) is 3.56. The van der Waals surface area contributed by atoms with Crippen molar-refractivity contribution in [2.75, 3.05) is 6.54 Å². The molecule has 2 N–H and O–H groups in total. The number of nitrogens with two attached hydrogens (primary N) is 1. The summed E-state index contributed by atoms with van der Waals surface area (Å²) in [5.41, 5.74) is 6.56. The first-order valence-corrected chi connectivity index (χ1v) is 6.23. The van der Waals surface area contributed by atoms with Gasteiger partial charge in [0.25, 0.3) is 0 Å². The monoisotopic (exact) mass is 232 g/mol. The molecule has 1 unspecified atom stereocenters. The molecular weight excluding hydrogens is 212 g/mol. The highest BCUT2D eigenvalue weighted by molar-refractivity contribution is 5.75. The highest BCUT2D eigenvalue weighted by Crippen LogP contribution is 2.35. The fourth-order valence-corrected chi connectivity index (χ4v) is 2.24. The minimum Gasteiger partial charge on any atom is -0.369 e. The van der Waals surface area contributed by atoms with Crippen molar-refractivity contribution in [1.82, 2.24) is 4.90 Å². The van der Waals surface area contributed by atoms with Crippen LogP contribution in [-0.4, -0.2) is 23.4 Å². The number of carbonyl (C=O) groups excluding carboxylic acids is 1. The van der Waals surface area contributed by atoms with Gasteiger partial charge in [0.2, 0.25) is 5.91 Å². The molecule has 3 nitrogen and oxygen atoms in total. The molecular formula is C14H20N2O. The highest BCUT2D eigenvalue weighted by Gasteiger charge is 2.32. The van der Waals surface area contributed by atoms with Gasteiger partial charge in [0.1, 0.15) is 0 Å². The zero-order chi connectivity index (χ0) is 12.3. The van der Waals surface area contributed by atoms with E-state index < -0.39 is 0 Å². The van der Waals surface area contributed by atoms with Crippen LogP contribution < -0.4 is 5.73 Å². The van der Waals surface area contributed by atoms with Crippen molar-refractivity contribution in [1.29, 1.82) is 0 Å². The van der Waals surface area contributed by atoms with Crippen LogP contribution in [0.2, 0.25) is 0 Å². The molecule has 1 atom stereocenters. The number of hydrogen-bond donors (Lipinski definition) is 1. The quantitative estimate of drug-likeness (QED) is 0.812. The first-order chi connectivity index (χ1) is 8.16. The fourth-order valence-electron chi connectivity index (χ4n) is 2.24. The van der Waals surface area contributed by atoms with Crippen molar-refractivity contribution < 1.29 is 4.79 Å². The van der Waals surface area contributed by atoms with Crippen LogP contribution >= 0.6 is 0 Å². The van der Waals surface area contributed by atoms with Crippen LogP contribution in [0.25, 0.3) is 0 Å². The number of hydrogen-bond acceptors (Lipinski definition) is 2. The smallest absolute Gasteiger partial charge is 0.231 e. The van der Waals surface area contributed by atoms with Gasteiger partial charge < -0.3 is 5.73 Å². The number of benzene rings is 1.